The molecule has 0 saturated heterocycles. The standard InChI is InChI=1S/C19H22N4O4/c1-4-26-17(25)10-20-16(24)11-23-14-8-6-5-7-13(14)9-15(23)19-22-21-18(27-19)12(2)3/h5-9,12H,4,10-11H2,1-3H3,(H,20,24). The third-order valence-corrected chi connectivity index (χ3v) is 4.00. The van der Waals surface area contributed by atoms with Gasteiger partial charge < -0.3 is 19.0 Å². The van der Waals surface area contributed by atoms with E-state index in [1.807, 2.05) is 44.2 Å². The van der Waals surface area contributed by atoms with E-state index in [1.54, 1.807) is 11.5 Å². The predicted octanol–water partition coefficient (Wildman–Crippen LogP) is 2.49. The average molecular weight is 370 g/mol. The minimum atomic E-state index is -0.470. The van der Waals surface area contributed by atoms with Gasteiger partial charge in [0.2, 0.25) is 11.8 Å². The molecule has 0 fully saturated rings. The fraction of sp³-hybridized carbons (Fsp3) is 0.368. The number of hydrogen-bond donors (Lipinski definition) is 1. The smallest absolute Gasteiger partial charge is 0.325 e. The van der Waals surface area contributed by atoms with E-state index in [0.717, 1.165) is 10.9 Å². The maximum absolute atomic E-state index is 12.4. The van der Waals surface area contributed by atoms with E-state index >= 15 is 0 Å². The maximum atomic E-state index is 12.4. The van der Waals surface area contributed by atoms with Gasteiger partial charge in [0, 0.05) is 16.8 Å². The van der Waals surface area contributed by atoms with E-state index in [9.17, 15) is 9.59 Å². The Morgan fingerprint density at radius 2 is 2.04 bits per heavy atom. The summed E-state index contributed by atoms with van der Waals surface area (Å²) in [4.78, 5) is 23.8. The summed E-state index contributed by atoms with van der Waals surface area (Å²) in [5.41, 5.74) is 1.52. The molecule has 3 rings (SSSR count). The number of nitrogens with zero attached hydrogens (tertiary/aromatic N) is 3. The van der Waals surface area contributed by atoms with Crippen LogP contribution < -0.4 is 5.32 Å². The summed E-state index contributed by atoms with van der Waals surface area (Å²) in [6.45, 7) is 5.77. The zero-order chi connectivity index (χ0) is 19.4. The number of para-hydroxylation sites is 1. The van der Waals surface area contributed by atoms with E-state index in [2.05, 4.69) is 15.5 Å². The Bertz CT molecular complexity index is 958. The normalized spacial score (nSPS) is 11.1. The summed E-state index contributed by atoms with van der Waals surface area (Å²) in [6.07, 6.45) is 0. The van der Waals surface area contributed by atoms with Crippen LogP contribution in [-0.2, 0) is 20.9 Å². The first-order chi connectivity index (χ1) is 13.0. The zero-order valence-corrected chi connectivity index (χ0v) is 15.6. The molecule has 8 nitrogen and oxygen atoms in total. The van der Waals surface area contributed by atoms with Crippen LogP contribution in [0.3, 0.4) is 0 Å². The molecule has 1 amide bonds. The molecule has 8 heteroatoms. The fourth-order valence-corrected chi connectivity index (χ4v) is 2.71. The molecule has 3 aromatic rings. The molecular weight excluding hydrogens is 348 g/mol. The van der Waals surface area contributed by atoms with Crippen LogP contribution in [0.15, 0.2) is 34.7 Å². The lowest BCUT2D eigenvalue weighted by molar-refractivity contribution is -0.143. The van der Waals surface area contributed by atoms with Crippen molar-refractivity contribution in [2.45, 2.75) is 33.2 Å². The monoisotopic (exact) mass is 370 g/mol. The van der Waals surface area contributed by atoms with Crippen molar-refractivity contribution in [2.24, 2.45) is 0 Å². The summed E-state index contributed by atoms with van der Waals surface area (Å²) >= 11 is 0. The van der Waals surface area contributed by atoms with E-state index in [1.165, 1.54) is 0 Å². The number of ether oxygens (including phenoxy) is 1. The Hall–Kier alpha value is -3.16. The summed E-state index contributed by atoms with van der Waals surface area (Å²) in [7, 11) is 0. The van der Waals surface area contributed by atoms with Crippen molar-refractivity contribution in [3.63, 3.8) is 0 Å². The van der Waals surface area contributed by atoms with Crippen LogP contribution >= 0.6 is 0 Å². The van der Waals surface area contributed by atoms with Gasteiger partial charge in [-0.2, -0.15) is 0 Å². The first kappa shape index (κ1) is 18.6. The molecule has 2 aromatic heterocycles. The molecule has 0 bridgehead atoms. The Morgan fingerprint density at radius 1 is 1.26 bits per heavy atom. The number of carbonyl (C=O) groups excluding carboxylic acids is 2. The lowest BCUT2D eigenvalue weighted by atomic mass is 10.2. The van der Waals surface area contributed by atoms with Gasteiger partial charge in [0.25, 0.3) is 5.89 Å². The fourth-order valence-electron chi connectivity index (χ4n) is 2.71. The van der Waals surface area contributed by atoms with Crippen LogP contribution in [0.25, 0.3) is 22.5 Å². The molecule has 0 aliphatic heterocycles. The predicted molar refractivity (Wildman–Crippen MR) is 99.0 cm³/mol. The Balaban J connectivity index is 1.88. The Labute approximate surface area is 156 Å². The molecule has 0 aliphatic rings. The molecule has 142 valence electrons. The van der Waals surface area contributed by atoms with E-state index in [0.29, 0.717) is 17.5 Å². The van der Waals surface area contributed by atoms with Crippen molar-refractivity contribution in [3.8, 4) is 11.6 Å². The highest BCUT2D eigenvalue weighted by molar-refractivity contribution is 5.89. The van der Waals surface area contributed by atoms with Crippen LogP contribution in [-0.4, -0.2) is 39.8 Å². The maximum Gasteiger partial charge on any atom is 0.325 e. The van der Waals surface area contributed by atoms with Crippen molar-refractivity contribution < 1.29 is 18.7 Å². The molecule has 0 aliphatic carbocycles. The number of rotatable bonds is 7. The van der Waals surface area contributed by atoms with Crippen LogP contribution in [0.2, 0.25) is 0 Å². The highest BCUT2D eigenvalue weighted by Gasteiger charge is 2.19. The number of benzene rings is 1. The number of aromatic nitrogens is 3. The number of esters is 1. The van der Waals surface area contributed by atoms with Gasteiger partial charge in [0.15, 0.2) is 0 Å². The summed E-state index contributed by atoms with van der Waals surface area (Å²) < 4.78 is 12.4. The molecule has 0 radical (unpaired) electrons. The number of nitrogens with one attached hydrogen (secondary N) is 1. The molecule has 0 saturated carbocycles. The summed E-state index contributed by atoms with van der Waals surface area (Å²) in [5, 5.41) is 11.7. The third-order valence-electron chi connectivity index (χ3n) is 4.00. The second-order valence-electron chi connectivity index (χ2n) is 6.36. The lowest BCUT2D eigenvalue weighted by Gasteiger charge is -2.09. The molecule has 0 atom stereocenters. The van der Waals surface area contributed by atoms with Crippen LogP contribution in [0.1, 0.15) is 32.6 Å². The molecule has 1 N–H and O–H groups in total. The molecular formula is C19H22N4O4. The highest BCUT2D eigenvalue weighted by atomic mass is 16.5. The third kappa shape index (κ3) is 4.16. The van der Waals surface area contributed by atoms with Gasteiger partial charge in [0.1, 0.15) is 18.8 Å². The van der Waals surface area contributed by atoms with Gasteiger partial charge >= 0.3 is 5.97 Å². The van der Waals surface area contributed by atoms with Crippen LogP contribution in [0, 0.1) is 0 Å². The first-order valence-corrected chi connectivity index (χ1v) is 8.84. The first-order valence-electron chi connectivity index (χ1n) is 8.84. The quantitative estimate of drug-likeness (QED) is 0.642. The second-order valence-corrected chi connectivity index (χ2v) is 6.36. The lowest BCUT2D eigenvalue weighted by Crippen LogP contribution is -2.33. The minimum Gasteiger partial charge on any atom is -0.465 e. The summed E-state index contributed by atoms with van der Waals surface area (Å²) in [5.74, 6) is 0.217. The number of fused-ring (bicyclic) bond motifs is 1. The average Bonchev–Trinajstić information content (AvgIpc) is 3.26. The van der Waals surface area contributed by atoms with Crippen molar-refractivity contribution in [1.82, 2.24) is 20.1 Å². The van der Waals surface area contributed by atoms with E-state index in [4.69, 9.17) is 9.15 Å². The molecule has 27 heavy (non-hydrogen) atoms. The summed E-state index contributed by atoms with van der Waals surface area (Å²) in [6, 6.07) is 9.59. The molecule has 2 heterocycles. The minimum absolute atomic E-state index is 0.0155. The van der Waals surface area contributed by atoms with Crippen molar-refractivity contribution >= 4 is 22.8 Å². The molecule has 0 spiro atoms. The Morgan fingerprint density at radius 3 is 2.74 bits per heavy atom. The van der Waals surface area contributed by atoms with Gasteiger partial charge in [0.05, 0.1) is 6.61 Å². The number of hydrogen-bond acceptors (Lipinski definition) is 6. The van der Waals surface area contributed by atoms with Crippen LogP contribution in [0.4, 0.5) is 0 Å². The van der Waals surface area contributed by atoms with Gasteiger partial charge in [-0.3, -0.25) is 9.59 Å². The van der Waals surface area contributed by atoms with Gasteiger partial charge in [-0.1, -0.05) is 32.0 Å². The van der Waals surface area contributed by atoms with Gasteiger partial charge in [-0.05, 0) is 19.1 Å². The van der Waals surface area contributed by atoms with Gasteiger partial charge in [-0.15, -0.1) is 10.2 Å². The Kier molecular flexibility index (Phi) is 5.54. The van der Waals surface area contributed by atoms with Crippen molar-refractivity contribution in [2.75, 3.05) is 13.2 Å². The molecule has 0 unspecified atom stereocenters. The topological polar surface area (TPSA) is 99.2 Å². The largest absolute Gasteiger partial charge is 0.465 e. The van der Waals surface area contributed by atoms with Crippen molar-refractivity contribution in [1.29, 1.82) is 0 Å². The number of carbonyl (C=O) groups is 2. The van der Waals surface area contributed by atoms with E-state index < -0.39 is 5.97 Å². The number of amides is 1. The second kappa shape index (κ2) is 8.03. The van der Waals surface area contributed by atoms with Crippen LogP contribution in [0.5, 0.6) is 0 Å². The zero-order valence-electron chi connectivity index (χ0n) is 15.6. The van der Waals surface area contributed by atoms with E-state index in [-0.39, 0.29) is 31.5 Å². The highest BCUT2D eigenvalue weighted by Crippen LogP contribution is 2.28. The SMILES string of the molecule is CCOC(=O)CNC(=O)Cn1c(-c2nnc(C(C)C)o2)cc2ccccc21. The molecule has 1 aromatic carbocycles. The van der Waals surface area contributed by atoms with Crippen molar-refractivity contribution in [3.05, 3.63) is 36.2 Å². The van der Waals surface area contributed by atoms with Gasteiger partial charge in [-0.25, -0.2) is 0 Å².